The molecule has 0 heterocycles. The summed E-state index contributed by atoms with van der Waals surface area (Å²) in [6.45, 7) is 2.40. The minimum Gasteiger partial charge on any atom is -0.512 e. The molecule has 2 aromatic rings. The van der Waals surface area contributed by atoms with Crippen LogP contribution in [0.3, 0.4) is 0 Å². The van der Waals surface area contributed by atoms with Crippen molar-refractivity contribution in [2.45, 2.75) is 19.8 Å². The summed E-state index contributed by atoms with van der Waals surface area (Å²) in [7, 11) is 0. The SMILES string of the molecule is CCOc1ccc(-c2cc(O)c3c(c2N)C(=O)C2=C(O)CCC(N)=C2C3=O)cc1. The van der Waals surface area contributed by atoms with Crippen molar-refractivity contribution in [3.63, 3.8) is 0 Å². The number of benzene rings is 2. The van der Waals surface area contributed by atoms with Crippen molar-refractivity contribution in [1.29, 1.82) is 0 Å². The summed E-state index contributed by atoms with van der Waals surface area (Å²) in [6.07, 6.45) is 0.434. The maximum absolute atomic E-state index is 13.2. The summed E-state index contributed by atoms with van der Waals surface area (Å²) >= 11 is 0. The van der Waals surface area contributed by atoms with E-state index in [0.717, 1.165) is 0 Å². The van der Waals surface area contributed by atoms with E-state index in [9.17, 15) is 19.8 Å². The molecule has 0 aliphatic heterocycles. The van der Waals surface area contributed by atoms with Crippen LogP contribution in [-0.2, 0) is 0 Å². The lowest BCUT2D eigenvalue weighted by Gasteiger charge is -2.27. The van der Waals surface area contributed by atoms with Gasteiger partial charge in [0.15, 0.2) is 11.6 Å². The number of hydrogen-bond donors (Lipinski definition) is 4. The Bertz CT molecular complexity index is 1130. The zero-order chi connectivity index (χ0) is 20.9. The molecule has 7 nitrogen and oxygen atoms in total. The summed E-state index contributed by atoms with van der Waals surface area (Å²) in [4.78, 5) is 26.2. The van der Waals surface area contributed by atoms with Gasteiger partial charge in [-0.2, -0.15) is 0 Å². The highest BCUT2D eigenvalue weighted by molar-refractivity contribution is 6.34. The molecule has 7 heteroatoms. The molecule has 0 atom stereocenters. The summed E-state index contributed by atoms with van der Waals surface area (Å²) < 4.78 is 5.42. The van der Waals surface area contributed by atoms with E-state index in [1.165, 1.54) is 6.07 Å². The maximum atomic E-state index is 13.2. The molecule has 0 unspecified atom stereocenters. The first-order valence-electron chi connectivity index (χ1n) is 9.24. The molecular weight excluding hydrogens is 372 g/mol. The van der Waals surface area contributed by atoms with Gasteiger partial charge in [-0.1, -0.05) is 12.1 Å². The lowest BCUT2D eigenvalue weighted by molar-refractivity contribution is 0.0963. The number of carbonyl (C=O) groups is 2. The molecule has 29 heavy (non-hydrogen) atoms. The monoisotopic (exact) mass is 392 g/mol. The third-order valence-corrected chi connectivity index (χ3v) is 5.22. The van der Waals surface area contributed by atoms with E-state index >= 15 is 0 Å². The van der Waals surface area contributed by atoms with E-state index in [2.05, 4.69) is 0 Å². The van der Waals surface area contributed by atoms with Crippen LogP contribution in [-0.4, -0.2) is 28.4 Å². The number of aliphatic hydroxyl groups excluding tert-OH is 1. The van der Waals surface area contributed by atoms with E-state index in [4.69, 9.17) is 16.2 Å². The van der Waals surface area contributed by atoms with Crippen LogP contribution in [0.25, 0.3) is 11.1 Å². The fraction of sp³-hybridized carbons (Fsp3) is 0.182. The number of Topliss-reactive ketones (excluding diaryl/α,β-unsaturated/α-hetero) is 2. The third kappa shape index (κ3) is 2.74. The van der Waals surface area contributed by atoms with Gasteiger partial charge in [-0.05, 0) is 37.1 Å². The van der Waals surface area contributed by atoms with Crippen molar-refractivity contribution in [3.8, 4) is 22.6 Å². The molecule has 0 radical (unpaired) electrons. The van der Waals surface area contributed by atoms with Gasteiger partial charge in [0.2, 0.25) is 0 Å². The Balaban J connectivity index is 1.94. The molecule has 2 aliphatic carbocycles. The second-order valence-corrected chi connectivity index (χ2v) is 6.94. The zero-order valence-corrected chi connectivity index (χ0v) is 15.8. The van der Waals surface area contributed by atoms with E-state index < -0.39 is 11.6 Å². The standard InChI is InChI=1S/C22H20N2O5/c1-2-29-11-5-3-10(4-6-11)12-9-15(26)18-19(20(12)24)22(28)17-14(25)8-7-13(23)16(17)21(18)27/h3-6,9,25-26H,2,7-8,23-24H2,1H3. The number of phenolic OH excluding ortho intramolecular Hbond substituents is 1. The summed E-state index contributed by atoms with van der Waals surface area (Å²) in [6, 6.07) is 8.36. The molecular formula is C22H20N2O5. The van der Waals surface area contributed by atoms with Gasteiger partial charge in [0.05, 0.1) is 34.6 Å². The van der Waals surface area contributed by atoms with Gasteiger partial charge >= 0.3 is 0 Å². The molecule has 0 aromatic heterocycles. The minimum atomic E-state index is -0.615. The van der Waals surface area contributed by atoms with Crippen molar-refractivity contribution in [3.05, 3.63) is 64.1 Å². The largest absolute Gasteiger partial charge is 0.512 e. The number of nitrogens with two attached hydrogens (primary N) is 2. The quantitative estimate of drug-likeness (QED) is 0.465. The van der Waals surface area contributed by atoms with Crippen LogP contribution in [0.5, 0.6) is 11.5 Å². The molecule has 0 spiro atoms. The Morgan fingerprint density at radius 2 is 1.62 bits per heavy atom. The van der Waals surface area contributed by atoms with E-state index in [1.54, 1.807) is 24.3 Å². The average Bonchev–Trinajstić information content (AvgIpc) is 2.70. The number of hydrogen-bond acceptors (Lipinski definition) is 7. The Labute approximate surface area is 166 Å². The molecule has 6 N–H and O–H groups in total. The number of phenols is 1. The van der Waals surface area contributed by atoms with Gasteiger partial charge in [0, 0.05) is 17.7 Å². The van der Waals surface area contributed by atoms with Gasteiger partial charge in [-0.25, -0.2) is 0 Å². The van der Waals surface area contributed by atoms with Crippen molar-refractivity contribution < 1.29 is 24.5 Å². The second-order valence-electron chi connectivity index (χ2n) is 6.94. The number of aliphatic hydroxyl groups is 1. The lowest BCUT2D eigenvalue weighted by Crippen LogP contribution is -2.30. The fourth-order valence-corrected chi connectivity index (χ4v) is 3.85. The number of anilines is 1. The van der Waals surface area contributed by atoms with E-state index in [1.807, 2.05) is 6.92 Å². The van der Waals surface area contributed by atoms with Gasteiger partial charge < -0.3 is 26.4 Å². The molecule has 0 fully saturated rings. The summed E-state index contributed by atoms with van der Waals surface area (Å²) in [5, 5.41) is 20.9. The fourth-order valence-electron chi connectivity index (χ4n) is 3.85. The van der Waals surface area contributed by atoms with Crippen LogP contribution in [0, 0.1) is 0 Å². The zero-order valence-electron chi connectivity index (χ0n) is 15.8. The summed E-state index contributed by atoms with van der Waals surface area (Å²) in [5.41, 5.74) is 13.1. The van der Waals surface area contributed by atoms with Crippen molar-refractivity contribution in [2.24, 2.45) is 5.73 Å². The van der Waals surface area contributed by atoms with Gasteiger partial charge in [-0.15, -0.1) is 0 Å². The molecule has 0 amide bonds. The van der Waals surface area contributed by atoms with Gasteiger partial charge in [0.25, 0.3) is 0 Å². The topological polar surface area (TPSA) is 136 Å². The normalized spacial score (nSPS) is 16.0. The van der Waals surface area contributed by atoms with Gasteiger partial charge in [-0.3, -0.25) is 9.59 Å². The molecule has 0 saturated carbocycles. The number of nitrogen functional groups attached to an aromatic ring is 1. The Kier molecular flexibility index (Phi) is 4.30. The van der Waals surface area contributed by atoms with Crippen LogP contribution in [0.4, 0.5) is 5.69 Å². The third-order valence-electron chi connectivity index (χ3n) is 5.22. The highest BCUT2D eigenvalue weighted by Crippen LogP contribution is 2.45. The first kappa shape index (κ1) is 18.6. The number of ketones is 2. The molecule has 0 saturated heterocycles. The smallest absolute Gasteiger partial charge is 0.200 e. The Morgan fingerprint density at radius 3 is 2.28 bits per heavy atom. The highest BCUT2D eigenvalue weighted by Gasteiger charge is 2.41. The minimum absolute atomic E-state index is 0.0465. The number of allylic oxidation sites excluding steroid dienone is 4. The Morgan fingerprint density at radius 1 is 0.966 bits per heavy atom. The van der Waals surface area contributed by atoms with Crippen LogP contribution in [0.1, 0.15) is 40.5 Å². The molecule has 4 rings (SSSR count). The number of carbonyl (C=O) groups excluding carboxylic acids is 2. The second kappa shape index (κ2) is 6.70. The van der Waals surface area contributed by atoms with Crippen molar-refractivity contribution in [2.75, 3.05) is 12.3 Å². The molecule has 0 bridgehead atoms. The summed E-state index contributed by atoms with van der Waals surface area (Å²) in [5.74, 6) is -1.11. The van der Waals surface area contributed by atoms with E-state index in [0.29, 0.717) is 23.5 Å². The van der Waals surface area contributed by atoms with Crippen molar-refractivity contribution in [1.82, 2.24) is 0 Å². The van der Waals surface area contributed by atoms with Crippen molar-refractivity contribution >= 4 is 17.3 Å². The molecule has 148 valence electrons. The first-order chi connectivity index (χ1) is 13.8. The number of aromatic hydroxyl groups is 1. The molecule has 2 aliphatic rings. The maximum Gasteiger partial charge on any atom is 0.200 e. The predicted octanol–water partition coefficient (Wildman–Crippen LogP) is 3.24. The number of fused-ring (bicyclic) bond motifs is 2. The first-order valence-corrected chi connectivity index (χ1v) is 9.24. The number of rotatable bonds is 3. The highest BCUT2D eigenvalue weighted by atomic mass is 16.5. The average molecular weight is 392 g/mol. The van der Waals surface area contributed by atoms with Crippen LogP contribution in [0.2, 0.25) is 0 Å². The van der Waals surface area contributed by atoms with E-state index in [-0.39, 0.29) is 58.0 Å². The Hall–Kier alpha value is -3.74. The van der Waals surface area contributed by atoms with Crippen LogP contribution >= 0.6 is 0 Å². The van der Waals surface area contributed by atoms with Crippen LogP contribution in [0.15, 0.2) is 52.9 Å². The predicted molar refractivity (Wildman–Crippen MR) is 108 cm³/mol. The number of ether oxygens (including phenoxy) is 1. The molecule has 2 aromatic carbocycles. The van der Waals surface area contributed by atoms with Gasteiger partial charge in [0.1, 0.15) is 17.3 Å². The lowest BCUT2D eigenvalue weighted by atomic mass is 9.75. The van der Waals surface area contributed by atoms with Crippen LogP contribution < -0.4 is 16.2 Å².